The average Bonchev–Trinajstić information content (AvgIpc) is 3.07. The molecule has 0 saturated heterocycles. The Kier molecular flexibility index (Phi) is 4.85. The standard InChI is InChI=1S/C20H21BrN4/c21-17-6-7-20-16(9-17)10-23-18(8-15-4-2-1-3-5-15)12-25(20)13-19-11-22-14-24-19/h1-7,9,11,14,18,23H,8,10,12-13H2,(H,22,24). The van der Waals surface area contributed by atoms with E-state index in [1.54, 1.807) is 6.33 Å². The summed E-state index contributed by atoms with van der Waals surface area (Å²) in [4.78, 5) is 9.84. The largest absolute Gasteiger partial charge is 0.364 e. The zero-order chi connectivity index (χ0) is 17.1. The molecular weight excluding hydrogens is 376 g/mol. The normalized spacial score (nSPS) is 17.2. The zero-order valence-corrected chi connectivity index (χ0v) is 15.5. The molecule has 0 fully saturated rings. The SMILES string of the molecule is Brc1ccc2c(c1)CNC(Cc1ccccc1)CN2Cc1cnc[nH]1. The summed E-state index contributed by atoms with van der Waals surface area (Å²) in [6.07, 6.45) is 4.67. The van der Waals surface area contributed by atoms with Gasteiger partial charge in [0.05, 0.1) is 18.6 Å². The van der Waals surface area contributed by atoms with Crippen LogP contribution in [0.25, 0.3) is 0 Å². The highest BCUT2D eigenvalue weighted by Gasteiger charge is 2.22. The molecule has 0 radical (unpaired) electrons. The Hall–Kier alpha value is -2.11. The number of imidazole rings is 1. The van der Waals surface area contributed by atoms with Crippen molar-refractivity contribution in [1.82, 2.24) is 15.3 Å². The maximum absolute atomic E-state index is 4.16. The number of benzene rings is 2. The van der Waals surface area contributed by atoms with Crippen LogP contribution in [0.15, 0.2) is 65.5 Å². The molecule has 1 aromatic heterocycles. The molecule has 25 heavy (non-hydrogen) atoms. The van der Waals surface area contributed by atoms with Crippen LogP contribution in [-0.2, 0) is 19.5 Å². The number of rotatable bonds is 4. The molecule has 4 nitrogen and oxygen atoms in total. The molecule has 1 aliphatic heterocycles. The first-order valence-electron chi connectivity index (χ1n) is 8.56. The fraction of sp³-hybridized carbons (Fsp3) is 0.250. The van der Waals surface area contributed by atoms with E-state index < -0.39 is 0 Å². The predicted molar refractivity (Wildman–Crippen MR) is 105 cm³/mol. The maximum atomic E-state index is 4.16. The van der Waals surface area contributed by atoms with E-state index in [1.165, 1.54) is 16.8 Å². The van der Waals surface area contributed by atoms with Crippen molar-refractivity contribution >= 4 is 21.6 Å². The number of nitrogens with one attached hydrogen (secondary N) is 2. The summed E-state index contributed by atoms with van der Waals surface area (Å²) in [6, 6.07) is 17.6. The summed E-state index contributed by atoms with van der Waals surface area (Å²) in [5, 5.41) is 3.73. The number of anilines is 1. The van der Waals surface area contributed by atoms with Gasteiger partial charge in [-0.25, -0.2) is 4.98 Å². The summed E-state index contributed by atoms with van der Waals surface area (Å²) in [5.74, 6) is 0. The molecular formula is C20H21BrN4. The lowest BCUT2D eigenvalue weighted by Crippen LogP contribution is -2.39. The van der Waals surface area contributed by atoms with Crippen LogP contribution in [0.4, 0.5) is 5.69 Å². The molecule has 3 aromatic rings. The quantitative estimate of drug-likeness (QED) is 0.702. The van der Waals surface area contributed by atoms with Gasteiger partial charge in [0.15, 0.2) is 0 Å². The molecule has 0 aliphatic carbocycles. The molecule has 2 aromatic carbocycles. The van der Waals surface area contributed by atoms with Crippen molar-refractivity contribution in [2.45, 2.75) is 25.6 Å². The Morgan fingerprint density at radius 1 is 1.16 bits per heavy atom. The zero-order valence-electron chi connectivity index (χ0n) is 14.0. The lowest BCUT2D eigenvalue weighted by atomic mass is 10.1. The number of hydrogen-bond donors (Lipinski definition) is 2. The van der Waals surface area contributed by atoms with Gasteiger partial charge in [0.1, 0.15) is 0 Å². The van der Waals surface area contributed by atoms with Crippen LogP contribution in [0, 0.1) is 0 Å². The number of fused-ring (bicyclic) bond motifs is 1. The second-order valence-electron chi connectivity index (χ2n) is 6.50. The van der Waals surface area contributed by atoms with Crippen molar-refractivity contribution in [3.8, 4) is 0 Å². The van der Waals surface area contributed by atoms with Crippen molar-refractivity contribution in [2.75, 3.05) is 11.4 Å². The van der Waals surface area contributed by atoms with Crippen LogP contribution in [-0.4, -0.2) is 22.6 Å². The molecule has 4 rings (SSSR count). The monoisotopic (exact) mass is 396 g/mol. The van der Waals surface area contributed by atoms with E-state index in [-0.39, 0.29) is 0 Å². The number of halogens is 1. The average molecular weight is 397 g/mol. The number of hydrogen-bond acceptors (Lipinski definition) is 3. The highest BCUT2D eigenvalue weighted by Crippen LogP contribution is 2.28. The Balaban J connectivity index is 1.60. The summed E-state index contributed by atoms with van der Waals surface area (Å²) in [7, 11) is 0. The molecule has 2 heterocycles. The van der Waals surface area contributed by atoms with Gasteiger partial charge in [0, 0.05) is 35.5 Å². The Morgan fingerprint density at radius 3 is 2.84 bits per heavy atom. The summed E-state index contributed by atoms with van der Waals surface area (Å²) < 4.78 is 1.12. The molecule has 1 aliphatic rings. The molecule has 5 heteroatoms. The molecule has 0 spiro atoms. The minimum Gasteiger partial charge on any atom is -0.364 e. The summed E-state index contributed by atoms with van der Waals surface area (Å²) in [5.41, 5.74) is 5.12. The lowest BCUT2D eigenvalue weighted by Gasteiger charge is -2.27. The van der Waals surface area contributed by atoms with E-state index in [4.69, 9.17) is 0 Å². The van der Waals surface area contributed by atoms with Gasteiger partial charge in [0.2, 0.25) is 0 Å². The lowest BCUT2D eigenvalue weighted by molar-refractivity contribution is 0.511. The third-order valence-electron chi connectivity index (χ3n) is 4.65. The fourth-order valence-corrected chi connectivity index (χ4v) is 3.86. The smallest absolute Gasteiger partial charge is 0.0922 e. The van der Waals surface area contributed by atoms with E-state index in [9.17, 15) is 0 Å². The van der Waals surface area contributed by atoms with Crippen molar-refractivity contribution < 1.29 is 0 Å². The number of nitrogens with zero attached hydrogens (tertiary/aromatic N) is 2. The first-order chi connectivity index (χ1) is 12.3. The van der Waals surface area contributed by atoms with Gasteiger partial charge in [-0.15, -0.1) is 0 Å². The van der Waals surface area contributed by atoms with Gasteiger partial charge in [-0.05, 0) is 35.7 Å². The number of H-pyrrole nitrogens is 1. The fourth-order valence-electron chi connectivity index (χ4n) is 3.45. The van der Waals surface area contributed by atoms with Gasteiger partial charge in [0.25, 0.3) is 0 Å². The van der Waals surface area contributed by atoms with Gasteiger partial charge in [-0.1, -0.05) is 46.3 Å². The molecule has 1 atom stereocenters. The Labute approximate surface area is 156 Å². The Morgan fingerprint density at radius 2 is 2.04 bits per heavy atom. The van der Waals surface area contributed by atoms with Crippen LogP contribution >= 0.6 is 15.9 Å². The summed E-state index contributed by atoms with van der Waals surface area (Å²) in [6.45, 7) is 2.68. The topological polar surface area (TPSA) is 44.0 Å². The van der Waals surface area contributed by atoms with E-state index in [2.05, 4.69) is 84.6 Å². The van der Waals surface area contributed by atoms with Crippen LogP contribution in [0.5, 0.6) is 0 Å². The molecule has 0 saturated carbocycles. The minimum atomic E-state index is 0.400. The first-order valence-corrected chi connectivity index (χ1v) is 9.35. The van der Waals surface area contributed by atoms with Gasteiger partial charge in [-0.3, -0.25) is 0 Å². The van der Waals surface area contributed by atoms with Crippen LogP contribution in [0.2, 0.25) is 0 Å². The molecule has 0 amide bonds. The molecule has 1 unspecified atom stereocenters. The predicted octanol–water partition coefficient (Wildman–Crippen LogP) is 3.89. The first kappa shape index (κ1) is 16.4. The highest BCUT2D eigenvalue weighted by atomic mass is 79.9. The van der Waals surface area contributed by atoms with E-state index >= 15 is 0 Å². The third kappa shape index (κ3) is 3.94. The third-order valence-corrected chi connectivity index (χ3v) is 5.14. The molecule has 128 valence electrons. The van der Waals surface area contributed by atoms with Crippen molar-refractivity contribution in [1.29, 1.82) is 0 Å². The van der Waals surface area contributed by atoms with E-state index in [1.807, 2.05) is 6.20 Å². The molecule has 0 bridgehead atoms. The van der Waals surface area contributed by atoms with E-state index in [0.29, 0.717) is 6.04 Å². The van der Waals surface area contributed by atoms with Gasteiger partial charge < -0.3 is 15.2 Å². The van der Waals surface area contributed by atoms with Gasteiger partial charge >= 0.3 is 0 Å². The van der Waals surface area contributed by atoms with Crippen molar-refractivity contribution in [3.05, 3.63) is 82.3 Å². The van der Waals surface area contributed by atoms with Crippen LogP contribution in [0.3, 0.4) is 0 Å². The number of aromatic nitrogens is 2. The van der Waals surface area contributed by atoms with E-state index in [0.717, 1.165) is 36.2 Å². The Bertz CT molecular complexity index is 817. The summed E-state index contributed by atoms with van der Waals surface area (Å²) >= 11 is 3.60. The highest BCUT2D eigenvalue weighted by molar-refractivity contribution is 9.10. The minimum absolute atomic E-state index is 0.400. The second kappa shape index (κ2) is 7.42. The van der Waals surface area contributed by atoms with Crippen LogP contribution < -0.4 is 10.2 Å². The second-order valence-corrected chi connectivity index (χ2v) is 7.41. The van der Waals surface area contributed by atoms with Crippen molar-refractivity contribution in [2.24, 2.45) is 0 Å². The maximum Gasteiger partial charge on any atom is 0.0922 e. The van der Waals surface area contributed by atoms with Gasteiger partial charge in [-0.2, -0.15) is 0 Å². The number of aromatic amines is 1. The van der Waals surface area contributed by atoms with Crippen LogP contribution in [0.1, 0.15) is 16.8 Å². The van der Waals surface area contributed by atoms with Crippen molar-refractivity contribution in [3.63, 3.8) is 0 Å². The molecule has 2 N–H and O–H groups in total.